The van der Waals surface area contributed by atoms with Crippen LogP contribution in [0.1, 0.15) is 19.8 Å². The Morgan fingerprint density at radius 1 is 1.25 bits per heavy atom. The van der Waals surface area contributed by atoms with Crippen LogP contribution in [-0.4, -0.2) is 78.2 Å². The first-order valence-corrected chi connectivity index (χ1v) is 8.69. The lowest BCUT2D eigenvalue weighted by molar-refractivity contribution is -0.119. The fourth-order valence-electron chi connectivity index (χ4n) is 2.19. The molecule has 1 saturated heterocycles. The molecule has 1 atom stereocenters. The number of hydrogen-bond acceptors (Lipinski definition) is 5. The number of carbonyl (C=O) groups excluding carboxylic acids is 1. The molecule has 0 aromatic heterocycles. The Balaban J connectivity index is 2.10. The van der Waals surface area contributed by atoms with Crippen molar-refractivity contribution in [2.24, 2.45) is 10.9 Å². The van der Waals surface area contributed by atoms with Gasteiger partial charge in [-0.3, -0.25) is 4.79 Å². The highest BCUT2D eigenvalue weighted by Crippen LogP contribution is 2.12. The van der Waals surface area contributed by atoms with Gasteiger partial charge in [-0.15, -0.1) is 0 Å². The van der Waals surface area contributed by atoms with Gasteiger partial charge in [0.15, 0.2) is 5.96 Å². The number of rotatable bonds is 12. The fourth-order valence-corrected chi connectivity index (χ4v) is 2.19. The summed E-state index contributed by atoms with van der Waals surface area (Å²) in [6.07, 6.45) is 1.99. The summed E-state index contributed by atoms with van der Waals surface area (Å²) in [7, 11) is 1.60. The van der Waals surface area contributed by atoms with Crippen LogP contribution < -0.4 is 16.0 Å². The zero-order chi connectivity index (χ0) is 17.5. The molecule has 1 amide bonds. The highest BCUT2D eigenvalue weighted by Gasteiger charge is 2.15. The van der Waals surface area contributed by atoms with Gasteiger partial charge in [0.25, 0.3) is 0 Å². The van der Waals surface area contributed by atoms with Crippen LogP contribution in [-0.2, 0) is 19.0 Å². The van der Waals surface area contributed by atoms with Crippen molar-refractivity contribution in [3.05, 3.63) is 0 Å². The molecule has 0 aliphatic carbocycles. The lowest BCUT2D eigenvalue weighted by atomic mass is 10.1. The van der Waals surface area contributed by atoms with E-state index >= 15 is 0 Å². The lowest BCUT2D eigenvalue weighted by Crippen LogP contribution is -2.39. The van der Waals surface area contributed by atoms with Gasteiger partial charge in [0.05, 0.1) is 19.8 Å². The highest BCUT2D eigenvalue weighted by molar-refractivity contribution is 5.84. The number of carbonyl (C=O) groups is 1. The second-order valence-corrected chi connectivity index (χ2v) is 5.62. The first-order valence-electron chi connectivity index (χ1n) is 8.69. The third-order valence-electron chi connectivity index (χ3n) is 3.49. The SMILES string of the molecule is CCNC(=NCC(=O)NCCOC)NCCCOCC1CCOC1. The maximum Gasteiger partial charge on any atom is 0.241 e. The van der Waals surface area contributed by atoms with Gasteiger partial charge < -0.3 is 30.2 Å². The molecule has 1 aliphatic rings. The monoisotopic (exact) mass is 344 g/mol. The third kappa shape index (κ3) is 10.4. The minimum absolute atomic E-state index is 0.0945. The average Bonchev–Trinajstić information content (AvgIpc) is 3.09. The summed E-state index contributed by atoms with van der Waals surface area (Å²) in [6, 6.07) is 0. The van der Waals surface area contributed by atoms with E-state index in [0.717, 1.165) is 45.8 Å². The molecule has 1 heterocycles. The number of ether oxygens (including phenoxy) is 3. The molecular weight excluding hydrogens is 312 g/mol. The van der Waals surface area contributed by atoms with Gasteiger partial charge in [-0.25, -0.2) is 4.99 Å². The minimum Gasteiger partial charge on any atom is -0.383 e. The van der Waals surface area contributed by atoms with Crippen molar-refractivity contribution in [2.45, 2.75) is 19.8 Å². The van der Waals surface area contributed by atoms with E-state index in [1.807, 2.05) is 6.92 Å². The van der Waals surface area contributed by atoms with Crippen molar-refractivity contribution in [3.8, 4) is 0 Å². The molecular formula is C16H32N4O4. The van der Waals surface area contributed by atoms with Crippen LogP contribution >= 0.6 is 0 Å². The predicted octanol–water partition coefficient (Wildman–Crippen LogP) is -0.253. The van der Waals surface area contributed by atoms with E-state index in [1.165, 1.54) is 0 Å². The topological polar surface area (TPSA) is 93.2 Å². The Morgan fingerprint density at radius 2 is 2.12 bits per heavy atom. The van der Waals surface area contributed by atoms with Crippen LogP contribution in [0.25, 0.3) is 0 Å². The van der Waals surface area contributed by atoms with Crippen LogP contribution in [0.15, 0.2) is 4.99 Å². The number of guanidine groups is 1. The highest BCUT2D eigenvalue weighted by atomic mass is 16.5. The Kier molecular flexibility index (Phi) is 12.1. The Labute approximate surface area is 144 Å². The van der Waals surface area contributed by atoms with Crippen LogP contribution in [0.3, 0.4) is 0 Å². The molecule has 140 valence electrons. The van der Waals surface area contributed by atoms with Gasteiger partial charge in [-0.1, -0.05) is 0 Å². The van der Waals surface area contributed by atoms with Crippen molar-refractivity contribution >= 4 is 11.9 Å². The molecule has 1 aliphatic heterocycles. The van der Waals surface area contributed by atoms with E-state index in [1.54, 1.807) is 7.11 Å². The van der Waals surface area contributed by atoms with Crippen LogP contribution in [0.4, 0.5) is 0 Å². The number of aliphatic imine (C=N–C) groups is 1. The lowest BCUT2D eigenvalue weighted by Gasteiger charge is -2.12. The van der Waals surface area contributed by atoms with E-state index in [0.29, 0.717) is 31.6 Å². The summed E-state index contributed by atoms with van der Waals surface area (Å²) in [4.78, 5) is 15.9. The minimum atomic E-state index is -0.119. The summed E-state index contributed by atoms with van der Waals surface area (Å²) in [5, 5.41) is 9.05. The first-order chi connectivity index (χ1) is 11.8. The Bertz CT molecular complexity index is 360. The molecule has 0 bridgehead atoms. The van der Waals surface area contributed by atoms with Crippen LogP contribution in [0.2, 0.25) is 0 Å². The number of hydrogen-bond donors (Lipinski definition) is 3. The molecule has 1 fully saturated rings. The second kappa shape index (κ2) is 14.0. The normalized spacial score (nSPS) is 17.8. The van der Waals surface area contributed by atoms with E-state index in [4.69, 9.17) is 14.2 Å². The van der Waals surface area contributed by atoms with Crippen molar-refractivity contribution in [1.82, 2.24) is 16.0 Å². The van der Waals surface area contributed by atoms with E-state index in [9.17, 15) is 4.79 Å². The molecule has 0 spiro atoms. The quantitative estimate of drug-likeness (QED) is 0.257. The molecule has 8 nitrogen and oxygen atoms in total. The average molecular weight is 344 g/mol. The van der Waals surface area contributed by atoms with Crippen molar-refractivity contribution in [1.29, 1.82) is 0 Å². The maximum atomic E-state index is 11.6. The molecule has 24 heavy (non-hydrogen) atoms. The predicted molar refractivity (Wildman–Crippen MR) is 93.2 cm³/mol. The van der Waals surface area contributed by atoms with Crippen molar-refractivity contribution in [3.63, 3.8) is 0 Å². The van der Waals surface area contributed by atoms with E-state index in [-0.39, 0.29) is 12.5 Å². The standard InChI is InChI=1S/C16H32N4O4/c1-3-17-16(20-11-15(21)18-7-10-22-2)19-6-4-8-23-12-14-5-9-24-13-14/h14H,3-13H2,1-2H3,(H,18,21)(H2,17,19,20). The first kappa shape index (κ1) is 20.7. The van der Waals surface area contributed by atoms with Gasteiger partial charge in [0, 0.05) is 45.9 Å². The number of amides is 1. The maximum absolute atomic E-state index is 11.6. The summed E-state index contributed by atoms with van der Waals surface area (Å²) >= 11 is 0. The molecule has 0 saturated carbocycles. The van der Waals surface area contributed by atoms with Gasteiger partial charge in [0.1, 0.15) is 6.54 Å². The van der Waals surface area contributed by atoms with Gasteiger partial charge in [-0.05, 0) is 19.8 Å². The summed E-state index contributed by atoms with van der Waals surface area (Å²) in [5.41, 5.74) is 0. The summed E-state index contributed by atoms with van der Waals surface area (Å²) in [5.74, 6) is 1.07. The van der Waals surface area contributed by atoms with E-state index in [2.05, 4.69) is 20.9 Å². The molecule has 1 rings (SSSR count). The van der Waals surface area contributed by atoms with Crippen molar-refractivity contribution < 1.29 is 19.0 Å². The van der Waals surface area contributed by atoms with Crippen LogP contribution in [0.5, 0.6) is 0 Å². The third-order valence-corrected chi connectivity index (χ3v) is 3.49. The van der Waals surface area contributed by atoms with Crippen molar-refractivity contribution in [2.75, 3.05) is 66.3 Å². The number of nitrogens with one attached hydrogen (secondary N) is 3. The van der Waals surface area contributed by atoms with E-state index < -0.39 is 0 Å². The zero-order valence-corrected chi connectivity index (χ0v) is 14.9. The smallest absolute Gasteiger partial charge is 0.241 e. The zero-order valence-electron chi connectivity index (χ0n) is 14.9. The molecule has 0 aromatic carbocycles. The second-order valence-electron chi connectivity index (χ2n) is 5.62. The number of methoxy groups -OCH3 is 1. The Morgan fingerprint density at radius 3 is 2.83 bits per heavy atom. The molecule has 8 heteroatoms. The molecule has 1 unspecified atom stereocenters. The van der Waals surface area contributed by atoms with Crippen LogP contribution in [0, 0.1) is 5.92 Å². The fraction of sp³-hybridized carbons (Fsp3) is 0.875. The number of nitrogens with zero attached hydrogens (tertiary/aromatic N) is 1. The van der Waals surface area contributed by atoms with Gasteiger partial charge in [-0.2, -0.15) is 0 Å². The largest absolute Gasteiger partial charge is 0.383 e. The van der Waals surface area contributed by atoms with Gasteiger partial charge in [0.2, 0.25) is 5.91 Å². The summed E-state index contributed by atoms with van der Waals surface area (Å²) < 4.78 is 15.9. The van der Waals surface area contributed by atoms with Gasteiger partial charge >= 0.3 is 0 Å². The molecule has 0 aromatic rings. The summed E-state index contributed by atoms with van der Waals surface area (Å²) in [6.45, 7) is 7.74. The molecule has 3 N–H and O–H groups in total. The Hall–Kier alpha value is -1.38. The molecule has 0 radical (unpaired) electrons.